The maximum absolute atomic E-state index is 9.80. The molecule has 1 atom stereocenters. The van der Waals surface area contributed by atoms with Crippen LogP contribution < -0.4 is 5.73 Å². The van der Waals surface area contributed by atoms with Crippen molar-refractivity contribution < 1.29 is 19.1 Å². The lowest BCUT2D eigenvalue weighted by atomic mass is 9.93. The van der Waals surface area contributed by atoms with Gasteiger partial charge in [-0.25, -0.2) is 0 Å². The highest BCUT2D eigenvalue weighted by atomic mass is 16.5. The van der Waals surface area contributed by atoms with Crippen molar-refractivity contribution in [3.05, 3.63) is 11.7 Å². The van der Waals surface area contributed by atoms with Gasteiger partial charge in [-0.05, 0) is 19.9 Å². The molecule has 1 unspecified atom stereocenters. The standard InChI is InChI=1S/C12H21N3O4/c1-2-18-12(4-7-17-8-5-12)11-14-10(19-15-11)9(16)3-6-13/h9,16H,2-8,13H2,1H3. The highest BCUT2D eigenvalue weighted by Crippen LogP contribution is 2.34. The van der Waals surface area contributed by atoms with Crippen LogP contribution in [-0.2, 0) is 15.1 Å². The first kappa shape index (κ1) is 14.4. The number of rotatable bonds is 6. The Kier molecular flexibility index (Phi) is 4.87. The van der Waals surface area contributed by atoms with E-state index in [9.17, 15) is 5.11 Å². The van der Waals surface area contributed by atoms with Crippen LogP contribution in [0.4, 0.5) is 0 Å². The molecule has 0 spiro atoms. The quantitative estimate of drug-likeness (QED) is 0.776. The zero-order valence-corrected chi connectivity index (χ0v) is 11.2. The van der Waals surface area contributed by atoms with E-state index in [1.807, 2.05) is 6.92 Å². The van der Waals surface area contributed by atoms with Crippen LogP contribution in [-0.4, -0.2) is 41.6 Å². The third-order valence-electron chi connectivity index (χ3n) is 3.30. The van der Waals surface area contributed by atoms with Gasteiger partial charge in [0.05, 0.1) is 0 Å². The maximum atomic E-state index is 9.80. The molecule has 3 N–H and O–H groups in total. The lowest BCUT2D eigenvalue weighted by Gasteiger charge is -2.33. The SMILES string of the molecule is CCOC1(c2noc(C(O)CCN)n2)CCOCC1. The van der Waals surface area contributed by atoms with Gasteiger partial charge < -0.3 is 24.8 Å². The molecule has 7 heteroatoms. The van der Waals surface area contributed by atoms with Gasteiger partial charge in [-0.2, -0.15) is 4.98 Å². The molecule has 1 aromatic rings. The van der Waals surface area contributed by atoms with Crippen molar-refractivity contribution in [3.8, 4) is 0 Å². The zero-order valence-electron chi connectivity index (χ0n) is 11.2. The maximum Gasteiger partial charge on any atom is 0.255 e. The Morgan fingerprint density at radius 1 is 1.47 bits per heavy atom. The molecule has 1 fully saturated rings. The second kappa shape index (κ2) is 6.42. The molecule has 0 aliphatic carbocycles. The van der Waals surface area contributed by atoms with Gasteiger partial charge in [-0.15, -0.1) is 0 Å². The van der Waals surface area contributed by atoms with E-state index < -0.39 is 11.7 Å². The van der Waals surface area contributed by atoms with Crippen molar-refractivity contribution in [1.82, 2.24) is 10.1 Å². The molecular weight excluding hydrogens is 250 g/mol. The molecule has 2 heterocycles. The van der Waals surface area contributed by atoms with Gasteiger partial charge in [0.1, 0.15) is 11.7 Å². The highest BCUT2D eigenvalue weighted by molar-refractivity contribution is 5.04. The molecule has 0 aromatic carbocycles. The minimum atomic E-state index is -0.815. The van der Waals surface area contributed by atoms with E-state index in [4.69, 9.17) is 19.7 Å². The summed E-state index contributed by atoms with van der Waals surface area (Å²) in [4.78, 5) is 4.28. The summed E-state index contributed by atoms with van der Waals surface area (Å²) in [6.45, 7) is 4.07. The van der Waals surface area contributed by atoms with Crippen LogP contribution in [0.3, 0.4) is 0 Å². The minimum Gasteiger partial charge on any atom is -0.383 e. The summed E-state index contributed by atoms with van der Waals surface area (Å²) in [6.07, 6.45) is 0.955. The highest BCUT2D eigenvalue weighted by Gasteiger charge is 2.40. The smallest absolute Gasteiger partial charge is 0.255 e. The van der Waals surface area contributed by atoms with Crippen molar-refractivity contribution in [2.75, 3.05) is 26.4 Å². The number of nitrogens with zero attached hydrogens (tertiary/aromatic N) is 2. The fraction of sp³-hybridized carbons (Fsp3) is 0.833. The van der Waals surface area contributed by atoms with Crippen molar-refractivity contribution in [2.45, 2.75) is 37.9 Å². The summed E-state index contributed by atoms with van der Waals surface area (Å²) >= 11 is 0. The van der Waals surface area contributed by atoms with Crippen LogP contribution in [0.25, 0.3) is 0 Å². The summed E-state index contributed by atoms with van der Waals surface area (Å²) in [5, 5.41) is 13.8. The van der Waals surface area contributed by atoms with Crippen LogP contribution >= 0.6 is 0 Å². The van der Waals surface area contributed by atoms with Gasteiger partial charge in [0.2, 0.25) is 5.82 Å². The Balaban J connectivity index is 2.18. The average molecular weight is 271 g/mol. The van der Waals surface area contributed by atoms with Crippen LogP contribution in [0, 0.1) is 0 Å². The molecule has 0 bridgehead atoms. The van der Waals surface area contributed by atoms with Gasteiger partial charge in [-0.3, -0.25) is 0 Å². The number of aliphatic hydroxyl groups is 1. The lowest BCUT2D eigenvalue weighted by molar-refractivity contribution is -0.118. The van der Waals surface area contributed by atoms with Gasteiger partial charge >= 0.3 is 0 Å². The second-order valence-electron chi connectivity index (χ2n) is 4.59. The average Bonchev–Trinajstić information content (AvgIpc) is 2.91. The largest absolute Gasteiger partial charge is 0.383 e. The molecule has 1 saturated heterocycles. The second-order valence-corrected chi connectivity index (χ2v) is 4.59. The summed E-state index contributed by atoms with van der Waals surface area (Å²) < 4.78 is 16.3. The fourth-order valence-electron chi connectivity index (χ4n) is 2.25. The summed E-state index contributed by atoms with van der Waals surface area (Å²) in [7, 11) is 0. The number of nitrogens with two attached hydrogens (primary N) is 1. The molecular formula is C12H21N3O4. The van der Waals surface area contributed by atoms with Crippen molar-refractivity contribution in [3.63, 3.8) is 0 Å². The fourth-order valence-corrected chi connectivity index (χ4v) is 2.25. The van der Waals surface area contributed by atoms with E-state index in [2.05, 4.69) is 10.1 Å². The first-order valence-corrected chi connectivity index (χ1v) is 6.66. The Labute approximate surface area is 112 Å². The van der Waals surface area contributed by atoms with Gasteiger partial charge in [-0.1, -0.05) is 5.16 Å². The Bertz CT molecular complexity index is 385. The summed E-state index contributed by atoms with van der Waals surface area (Å²) in [5.41, 5.74) is 4.84. The van der Waals surface area contributed by atoms with Gasteiger partial charge in [0.25, 0.3) is 5.89 Å². The van der Waals surface area contributed by atoms with Crippen LogP contribution in [0.1, 0.15) is 44.0 Å². The normalized spacial score (nSPS) is 20.4. The third kappa shape index (κ3) is 3.11. The molecule has 1 aliphatic rings. The molecule has 0 saturated carbocycles. The molecule has 1 aromatic heterocycles. The molecule has 1 aliphatic heterocycles. The third-order valence-corrected chi connectivity index (χ3v) is 3.30. The predicted octanol–water partition coefficient (Wildman–Crippen LogP) is 0.494. The number of hydrogen-bond donors (Lipinski definition) is 2. The number of aliphatic hydroxyl groups excluding tert-OH is 1. The zero-order chi connectivity index (χ0) is 13.7. The van der Waals surface area contributed by atoms with Crippen molar-refractivity contribution >= 4 is 0 Å². The molecule has 0 amide bonds. The lowest BCUT2D eigenvalue weighted by Crippen LogP contribution is -2.37. The van der Waals surface area contributed by atoms with Crippen LogP contribution in [0.5, 0.6) is 0 Å². The topological polar surface area (TPSA) is 104 Å². The first-order valence-electron chi connectivity index (χ1n) is 6.66. The van der Waals surface area contributed by atoms with E-state index in [0.717, 1.165) is 0 Å². The van der Waals surface area contributed by atoms with E-state index in [0.29, 0.717) is 51.5 Å². The van der Waals surface area contributed by atoms with E-state index in [1.165, 1.54) is 0 Å². The monoisotopic (exact) mass is 271 g/mol. The molecule has 7 nitrogen and oxygen atoms in total. The van der Waals surface area contributed by atoms with Crippen molar-refractivity contribution in [2.24, 2.45) is 5.73 Å². The van der Waals surface area contributed by atoms with Crippen LogP contribution in [0.2, 0.25) is 0 Å². The van der Waals surface area contributed by atoms with E-state index in [-0.39, 0.29) is 5.89 Å². The summed E-state index contributed by atoms with van der Waals surface area (Å²) in [6, 6.07) is 0. The first-order chi connectivity index (χ1) is 9.22. The molecule has 108 valence electrons. The minimum absolute atomic E-state index is 0.200. The Morgan fingerprint density at radius 2 is 2.21 bits per heavy atom. The van der Waals surface area contributed by atoms with E-state index in [1.54, 1.807) is 0 Å². The predicted molar refractivity (Wildman–Crippen MR) is 66.3 cm³/mol. The van der Waals surface area contributed by atoms with Crippen molar-refractivity contribution in [1.29, 1.82) is 0 Å². The summed E-state index contributed by atoms with van der Waals surface area (Å²) in [5.74, 6) is 0.690. The van der Waals surface area contributed by atoms with Gasteiger partial charge in [0, 0.05) is 32.7 Å². The van der Waals surface area contributed by atoms with E-state index >= 15 is 0 Å². The Hall–Kier alpha value is -1.02. The molecule has 19 heavy (non-hydrogen) atoms. The number of ether oxygens (including phenoxy) is 2. The number of aromatic nitrogens is 2. The van der Waals surface area contributed by atoms with Gasteiger partial charge in [0.15, 0.2) is 0 Å². The Morgan fingerprint density at radius 3 is 2.84 bits per heavy atom. The number of hydrogen-bond acceptors (Lipinski definition) is 7. The molecule has 2 rings (SSSR count). The van der Waals surface area contributed by atoms with Crippen LogP contribution in [0.15, 0.2) is 4.52 Å². The molecule has 0 radical (unpaired) electrons.